The number of carbonyl (C=O) groups excluding carboxylic acids is 2. The number of piperidine rings is 1. The minimum atomic E-state index is -0.393. The highest BCUT2D eigenvalue weighted by Gasteiger charge is 2.24. The summed E-state index contributed by atoms with van der Waals surface area (Å²) in [5.41, 5.74) is 8.60. The number of carbonyl (C=O) groups is 2. The molecule has 1 atom stereocenters. The molecule has 0 radical (unpaired) electrons. The van der Waals surface area contributed by atoms with Gasteiger partial charge in [0.2, 0.25) is 11.8 Å². The van der Waals surface area contributed by atoms with Gasteiger partial charge >= 0.3 is 0 Å². The Hall–Kier alpha value is -1.63. The van der Waals surface area contributed by atoms with Crippen molar-refractivity contribution in [2.45, 2.75) is 44.6 Å². The van der Waals surface area contributed by atoms with Gasteiger partial charge in [-0.05, 0) is 43.2 Å². The monoisotopic (exact) mass is 367 g/mol. The van der Waals surface area contributed by atoms with Gasteiger partial charge in [-0.15, -0.1) is 0 Å². The summed E-state index contributed by atoms with van der Waals surface area (Å²) in [6.45, 7) is 1.45. The first-order valence-corrected chi connectivity index (χ1v) is 9.09. The van der Waals surface area contributed by atoms with Crippen LogP contribution < -0.4 is 11.2 Å². The molecule has 2 amide bonds. The highest BCUT2D eigenvalue weighted by atomic mass is 35.5. The van der Waals surface area contributed by atoms with Crippen LogP contribution in [0.3, 0.4) is 0 Å². The van der Waals surface area contributed by atoms with Gasteiger partial charge in [0.1, 0.15) is 0 Å². The summed E-state index contributed by atoms with van der Waals surface area (Å²) in [7, 11) is 0. The fraction of sp³-hybridized carbons (Fsp3) is 0.556. The number of nitrogens with zero attached hydrogens (tertiary/aromatic N) is 1. The van der Waals surface area contributed by atoms with Crippen molar-refractivity contribution in [3.63, 3.8) is 0 Å². The van der Waals surface area contributed by atoms with Crippen molar-refractivity contribution in [2.75, 3.05) is 13.1 Å². The summed E-state index contributed by atoms with van der Waals surface area (Å²) < 4.78 is 0. The molecule has 2 rings (SSSR count). The first-order valence-electron chi connectivity index (χ1n) is 8.72. The van der Waals surface area contributed by atoms with E-state index in [0.29, 0.717) is 17.4 Å². The van der Waals surface area contributed by atoms with Crippen LogP contribution in [-0.4, -0.2) is 35.0 Å². The number of hydrogen-bond donors (Lipinski definition) is 3. The Kier molecular flexibility index (Phi) is 7.68. The summed E-state index contributed by atoms with van der Waals surface area (Å²) in [4.78, 5) is 25.3. The Labute approximate surface area is 153 Å². The molecule has 1 aromatic rings. The predicted molar refractivity (Wildman–Crippen MR) is 96.1 cm³/mol. The van der Waals surface area contributed by atoms with Crippen LogP contribution in [0.5, 0.6) is 0 Å². The van der Waals surface area contributed by atoms with Crippen molar-refractivity contribution >= 4 is 23.4 Å². The number of halogens is 1. The Morgan fingerprint density at radius 1 is 1.32 bits per heavy atom. The molecule has 0 aromatic heterocycles. The molecule has 0 unspecified atom stereocenters. The molecule has 1 aliphatic rings. The van der Waals surface area contributed by atoms with E-state index < -0.39 is 6.04 Å². The summed E-state index contributed by atoms with van der Waals surface area (Å²) in [5.74, 6) is 0.236. The van der Waals surface area contributed by atoms with Gasteiger partial charge < -0.3 is 10.6 Å². The molecule has 138 valence electrons. The van der Waals surface area contributed by atoms with E-state index in [2.05, 4.69) is 0 Å². The van der Waals surface area contributed by atoms with E-state index in [1.807, 2.05) is 23.1 Å². The maximum atomic E-state index is 12.5. The van der Waals surface area contributed by atoms with Crippen LogP contribution in [0, 0.1) is 5.92 Å². The quantitative estimate of drug-likeness (QED) is 0.510. The molecule has 1 heterocycles. The normalized spacial score (nSPS) is 16.5. The molecule has 1 fully saturated rings. The molecule has 1 aromatic carbocycles. The molecule has 7 heteroatoms. The highest BCUT2D eigenvalue weighted by molar-refractivity contribution is 6.31. The number of nitrogens with two attached hydrogens (primary N) is 1. The minimum Gasteiger partial charge on any atom is -0.343 e. The van der Waals surface area contributed by atoms with Crippen LogP contribution >= 0.6 is 11.6 Å². The molecule has 1 aliphatic heterocycles. The van der Waals surface area contributed by atoms with Crippen LogP contribution in [0.4, 0.5) is 0 Å². The van der Waals surface area contributed by atoms with Crippen molar-refractivity contribution in [1.82, 2.24) is 10.4 Å². The second-order valence-corrected chi connectivity index (χ2v) is 6.99. The van der Waals surface area contributed by atoms with Crippen LogP contribution in [0.2, 0.25) is 5.02 Å². The number of rotatable bonds is 7. The molecule has 0 saturated carbocycles. The number of hydroxylamine groups is 1. The molecular weight excluding hydrogens is 342 g/mol. The number of benzene rings is 1. The lowest BCUT2D eigenvalue weighted by atomic mass is 9.91. The Morgan fingerprint density at radius 3 is 2.64 bits per heavy atom. The zero-order valence-electron chi connectivity index (χ0n) is 14.3. The van der Waals surface area contributed by atoms with E-state index >= 15 is 0 Å². The van der Waals surface area contributed by atoms with Gasteiger partial charge in [0.05, 0.1) is 0 Å². The zero-order chi connectivity index (χ0) is 18.2. The average Bonchev–Trinajstić information content (AvgIpc) is 2.62. The molecule has 1 saturated heterocycles. The number of nitrogens with one attached hydrogen (secondary N) is 1. The maximum Gasteiger partial charge on any atom is 0.243 e. The van der Waals surface area contributed by atoms with Crippen molar-refractivity contribution in [1.29, 1.82) is 0 Å². The van der Waals surface area contributed by atoms with Crippen LogP contribution in [-0.2, 0) is 9.59 Å². The van der Waals surface area contributed by atoms with E-state index in [-0.39, 0.29) is 18.2 Å². The Balaban J connectivity index is 1.74. The van der Waals surface area contributed by atoms with Gasteiger partial charge in [-0.2, -0.15) is 0 Å². The second-order valence-electron chi connectivity index (χ2n) is 6.58. The standard InChI is InChI=1S/C18H26ClN3O3/c19-15-6-2-1-5-14(15)16(20)12-18(24)22-10-8-13(9-11-22)4-3-7-17(23)21-25/h1-2,5-6,13,16,25H,3-4,7-12,20H2,(H,21,23)/t16-/m0/s1. The van der Waals surface area contributed by atoms with E-state index in [9.17, 15) is 9.59 Å². The SMILES string of the molecule is N[C@@H](CC(=O)N1CCC(CCCC(=O)NO)CC1)c1ccccc1Cl. The fourth-order valence-electron chi connectivity index (χ4n) is 3.28. The van der Waals surface area contributed by atoms with E-state index in [0.717, 1.165) is 44.3 Å². The Morgan fingerprint density at radius 2 is 2.00 bits per heavy atom. The first-order chi connectivity index (χ1) is 12.0. The van der Waals surface area contributed by atoms with Gasteiger partial charge in [0, 0.05) is 37.0 Å². The summed E-state index contributed by atoms with van der Waals surface area (Å²) >= 11 is 6.14. The van der Waals surface area contributed by atoms with Crippen molar-refractivity contribution in [3.8, 4) is 0 Å². The summed E-state index contributed by atoms with van der Waals surface area (Å²) in [6.07, 6.45) is 4.16. The topological polar surface area (TPSA) is 95.7 Å². The van der Waals surface area contributed by atoms with E-state index in [1.54, 1.807) is 11.5 Å². The van der Waals surface area contributed by atoms with Crippen LogP contribution in [0.15, 0.2) is 24.3 Å². The number of likely N-dealkylation sites (tertiary alicyclic amines) is 1. The second kappa shape index (κ2) is 9.75. The van der Waals surface area contributed by atoms with Crippen molar-refractivity contribution in [2.24, 2.45) is 11.7 Å². The molecule has 6 nitrogen and oxygen atoms in total. The lowest BCUT2D eigenvalue weighted by Crippen LogP contribution is -2.39. The van der Waals surface area contributed by atoms with Gasteiger partial charge in [-0.3, -0.25) is 14.8 Å². The van der Waals surface area contributed by atoms with Gasteiger partial charge in [0.15, 0.2) is 0 Å². The summed E-state index contributed by atoms with van der Waals surface area (Å²) in [6, 6.07) is 6.96. The highest BCUT2D eigenvalue weighted by Crippen LogP contribution is 2.26. The zero-order valence-corrected chi connectivity index (χ0v) is 15.0. The first kappa shape index (κ1) is 19.7. The maximum absolute atomic E-state index is 12.5. The Bertz CT molecular complexity index is 589. The van der Waals surface area contributed by atoms with E-state index in [1.165, 1.54) is 0 Å². The lowest BCUT2D eigenvalue weighted by Gasteiger charge is -2.32. The van der Waals surface area contributed by atoms with Crippen molar-refractivity contribution < 1.29 is 14.8 Å². The van der Waals surface area contributed by atoms with Crippen LogP contribution in [0.25, 0.3) is 0 Å². The third-order valence-corrected chi connectivity index (χ3v) is 5.15. The fourth-order valence-corrected chi connectivity index (χ4v) is 3.56. The molecule has 4 N–H and O–H groups in total. The van der Waals surface area contributed by atoms with Gasteiger partial charge in [-0.25, -0.2) is 5.48 Å². The van der Waals surface area contributed by atoms with Crippen LogP contribution in [0.1, 0.15) is 50.1 Å². The largest absolute Gasteiger partial charge is 0.343 e. The molecule has 0 aliphatic carbocycles. The summed E-state index contributed by atoms with van der Waals surface area (Å²) in [5, 5.41) is 9.07. The molecule has 0 spiro atoms. The number of hydrogen-bond acceptors (Lipinski definition) is 4. The van der Waals surface area contributed by atoms with Crippen molar-refractivity contribution in [3.05, 3.63) is 34.9 Å². The molecular formula is C18H26ClN3O3. The lowest BCUT2D eigenvalue weighted by molar-refractivity contribution is -0.133. The smallest absolute Gasteiger partial charge is 0.243 e. The minimum absolute atomic E-state index is 0.0607. The number of amides is 2. The predicted octanol–water partition coefficient (Wildman–Crippen LogP) is 2.64. The third kappa shape index (κ3) is 5.99. The molecule has 0 bridgehead atoms. The molecule has 25 heavy (non-hydrogen) atoms. The van der Waals surface area contributed by atoms with Gasteiger partial charge in [-0.1, -0.05) is 29.8 Å². The van der Waals surface area contributed by atoms with E-state index in [4.69, 9.17) is 22.5 Å². The average molecular weight is 368 g/mol. The third-order valence-electron chi connectivity index (χ3n) is 4.81. The van der Waals surface area contributed by atoms with Gasteiger partial charge in [0.25, 0.3) is 0 Å².